The van der Waals surface area contributed by atoms with Gasteiger partial charge in [0.05, 0.1) is 0 Å². The van der Waals surface area contributed by atoms with Crippen molar-refractivity contribution in [3.05, 3.63) is 35.6 Å². The summed E-state index contributed by atoms with van der Waals surface area (Å²) in [5.74, 6) is -0.139. The molecule has 1 aliphatic heterocycles. The van der Waals surface area contributed by atoms with Crippen LogP contribution >= 0.6 is 0 Å². The van der Waals surface area contributed by atoms with Crippen LogP contribution in [0.3, 0.4) is 0 Å². The predicted molar refractivity (Wildman–Crippen MR) is 68.4 cm³/mol. The summed E-state index contributed by atoms with van der Waals surface area (Å²) in [6.45, 7) is 6.23. The van der Waals surface area contributed by atoms with Crippen molar-refractivity contribution in [1.29, 1.82) is 0 Å². The maximum Gasteiger partial charge on any atom is 0.123 e. The van der Waals surface area contributed by atoms with Gasteiger partial charge in [-0.3, -0.25) is 4.90 Å². The lowest BCUT2D eigenvalue weighted by Gasteiger charge is -2.34. The van der Waals surface area contributed by atoms with Crippen LogP contribution < -0.4 is 5.32 Å². The number of halogens is 1. The minimum Gasteiger partial charge on any atom is -0.315 e. The summed E-state index contributed by atoms with van der Waals surface area (Å²) in [4.78, 5) is 2.43. The number of hydrogen-bond acceptors (Lipinski definition) is 2. The van der Waals surface area contributed by atoms with Crippen molar-refractivity contribution in [2.75, 3.05) is 19.6 Å². The van der Waals surface area contributed by atoms with Crippen LogP contribution in [0, 0.1) is 5.82 Å². The van der Waals surface area contributed by atoms with Gasteiger partial charge in [0, 0.05) is 19.1 Å². The standard InChI is InChI=1S/C14H21FN2/c1-2-17(14-7-4-8-16-10-14)11-12-5-3-6-13(15)9-12/h3,5-6,9,14,16H,2,4,7-8,10-11H2,1H3. The molecule has 1 aliphatic rings. The molecule has 1 saturated heterocycles. The number of nitrogens with one attached hydrogen (secondary N) is 1. The molecule has 1 aromatic rings. The molecule has 1 aromatic carbocycles. The van der Waals surface area contributed by atoms with Crippen molar-refractivity contribution in [3.8, 4) is 0 Å². The van der Waals surface area contributed by atoms with Gasteiger partial charge >= 0.3 is 0 Å². The van der Waals surface area contributed by atoms with E-state index < -0.39 is 0 Å². The Bertz CT molecular complexity index is 348. The minimum absolute atomic E-state index is 0.139. The first-order valence-corrected chi connectivity index (χ1v) is 6.49. The Balaban J connectivity index is 1.98. The highest BCUT2D eigenvalue weighted by molar-refractivity contribution is 5.16. The molecule has 94 valence electrons. The van der Waals surface area contributed by atoms with E-state index in [1.165, 1.54) is 18.9 Å². The molecule has 0 aliphatic carbocycles. The molecule has 0 radical (unpaired) electrons. The van der Waals surface area contributed by atoms with E-state index >= 15 is 0 Å². The normalized spacial score (nSPS) is 20.8. The van der Waals surface area contributed by atoms with E-state index in [-0.39, 0.29) is 5.82 Å². The van der Waals surface area contributed by atoms with Gasteiger partial charge in [-0.15, -0.1) is 0 Å². The molecule has 1 unspecified atom stereocenters. The first-order chi connectivity index (χ1) is 8.29. The Kier molecular flexibility index (Phi) is 4.51. The molecule has 0 spiro atoms. The molecular weight excluding hydrogens is 215 g/mol. The van der Waals surface area contributed by atoms with E-state index in [4.69, 9.17) is 0 Å². The molecule has 1 heterocycles. The summed E-state index contributed by atoms with van der Waals surface area (Å²) in [5.41, 5.74) is 1.07. The van der Waals surface area contributed by atoms with E-state index in [9.17, 15) is 4.39 Å². The second kappa shape index (κ2) is 6.12. The fourth-order valence-corrected chi connectivity index (χ4v) is 2.51. The van der Waals surface area contributed by atoms with Gasteiger partial charge in [-0.2, -0.15) is 0 Å². The summed E-state index contributed by atoms with van der Waals surface area (Å²) < 4.78 is 13.1. The maximum atomic E-state index is 13.1. The molecule has 0 bridgehead atoms. The Morgan fingerprint density at radius 2 is 2.35 bits per heavy atom. The molecular formula is C14H21FN2. The number of rotatable bonds is 4. The van der Waals surface area contributed by atoms with Crippen LogP contribution in [0.1, 0.15) is 25.3 Å². The highest BCUT2D eigenvalue weighted by atomic mass is 19.1. The first kappa shape index (κ1) is 12.5. The molecule has 2 nitrogen and oxygen atoms in total. The van der Waals surface area contributed by atoms with Crippen molar-refractivity contribution < 1.29 is 4.39 Å². The molecule has 17 heavy (non-hydrogen) atoms. The van der Waals surface area contributed by atoms with Gasteiger partial charge in [0.25, 0.3) is 0 Å². The van der Waals surface area contributed by atoms with Crippen LogP contribution in [0.4, 0.5) is 4.39 Å². The van der Waals surface area contributed by atoms with Gasteiger partial charge < -0.3 is 5.32 Å². The van der Waals surface area contributed by atoms with Crippen LogP contribution in [-0.4, -0.2) is 30.6 Å². The van der Waals surface area contributed by atoms with Gasteiger partial charge in [-0.1, -0.05) is 19.1 Å². The Labute approximate surface area is 103 Å². The summed E-state index contributed by atoms with van der Waals surface area (Å²) in [5, 5.41) is 3.43. The Hall–Kier alpha value is -0.930. The molecule has 0 saturated carbocycles. The van der Waals surface area contributed by atoms with E-state index in [1.807, 2.05) is 6.07 Å². The number of hydrogen-bond donors (Lipinski definition) is 1. The zero-order chi connectivity index (χ0) is 12.1. The smallest absolute Gasteiger partial charge is 0.123 e. The van der Waals surface area contributed by atoms with E-state index in [1.54, 1.807) is 12.1 Å². The molecule has 0 amide bonds. The van der Waals surface area contributed by atoms with Crippen LogP contribution in [0.2, 0.25) is 0 Å². The lowest BCUT2D eigenvalue weighted by Crippen LogP contribution is -2.45. The third-order valence-electron chi connectivity index (χ3n) is 3.47. The summed E-state index contributed by atoms with van der Waals surface area (Å²) >= 11 is 0. The van der Waals surface area contributed by atoms with Gasteiger partial charge in [-0.25, -0.2) is 4.39 Å². The summed E-state index contributed by atoms with van der Waals surface area (Å²) in [7, 11) is 0. The van der Waals surface area contributed by atoms with E-state index in [0.717, 1.165) is 31.7 Å². The third kappa shape index (κ3) is 3.51. The quantitative estimate of drug-likeness (QED) is 0.863. The van der Waals surface area contributed by atoms with E-state index in [0.29, 0.717) is 6.04 Å². The minimum atomic E-state index is -0.139. The largest absolute Gasteiger partial charge is 0.315 e. The lowest BCUT2D eigenvalue weighted by atomic mass is 10.0. The summed E-state index contributed by atoms with van der Waals surface area (Å²) in [6, 6.07) is 7.53. The highest BCUT2D eigenvalue weighted by Gasteiger charge is 2.19. The predicted octanol–water partition coefficient (Wildman–Crippen LogP) is 2.40. The van der Waals surface area contributed by atoms with Crippen molar-refractivity contribution >= 4 is 0 Å². The van der Waals surface area contributed by atoms with Crippen LogP contribution in [-0.2, 0) is 6.54 Å². The van der Waals surface area contributed by atoms with Gasteiger partial charge in [-0.05, 0) is 43.6 Å². The third-order valence-corrected chi connectivity index (χ3v) is 3.47. The molecule has 1 N–H and O–H groups in total. The van der Waals surface area contributed by atoms with Gasteiger partial charge in [0.15, 0.2) is 0 Å². The second-order valence-corrected chi connectivity index (χ2v) is 4.69. The average Bonchev–Trinajstić information content (AvgIpc) is 2.37. The maximum absolute atomic E-state index is 13.1. The number of nitrogens with zero attached hydrogens (tertiary/aromatic N) is 1. The van der Waals surface area contributed by atoms with Gasteiger partial charge in [0.2, 0.25) is 0 Å². The average molecular weight is 236 g/mol. The summed E-state index contributed by atoms with van der Waals surface area (Å²) in [6.07, 6.45) is 2.49. The number of benzene rings is 1. The molecule has 3 heteroatoms. The topological polar surface area (TPSA) is 15.3 Å². The van der Waals surface area contributed by atoms with Crippen molar-refractivity contribution in [1.82, 2.24) is 10.2 Å². The van der Waals surface area contributed by atoms with Crippen molar-refractivity contribution in [3.63, 3.8) is 0 Å². The molecule has 1 fully saturated rings. The van der Waals surface area contributed by atoms with Gasteiger partial charge in [0.1, 0.15) is 5.82 Å². The molecule has 0 aromatic heterocycles. The highest BCUT2D eigenvalue weighted by Crippen LogP contribution is 2.14. The van der Waals surface area contributed by atoms with E-state index in [2.05, 4.69) is 17.1 Å². The fraction of sp³-hybridized carbons (Fsp3) is 0.571. The van der Waals surface area contributed by atoms with Crippen LogP contribution in [0.25, 0.3) is 0 Å². The number of piperidine rings is 1. The zero-order valence-corrected chi connectivity index (χ0v) is 10.5. The number of likely N-dealkylation sites (N-methyl/N-ethyl adjacent to an activating group) is 1. The van der Waals surface area contributed by atoms with Crippen molar-refractivity contribution in [2.24, 2.45) is 0 Å². The fourth-order valence-electron chi connectivity index (χ4n) is 2.51. The first-order valence-electron chi connectivity index (χ1n) is 6.49. The SMILES string of the molecule is CCN(Cc1cccc(F)c1)C1CCCNC1. The monoisotopic (exact) mass is 236 g/mol. The Morgan fingerprint density at radius 3 is 3.00 bits per heavy atom. The van der Waals surface area contributed by atoms with Crippen LogP contribution in [0.15, 0.2) is 24.3 Å². The molecule has 2 rings (SSSR count). The lowest BCUT2D eigenvalue weighted by molar-refractivity contribution is 0.166. The van der Waals surface area contributed by atoms with Crippen molar-refractivity contribution in [2.45, 2.75) is 32.4 Å². The second-order valence-electron chi connectivity index (χ2n) is 4.69. The van der Waals surface area contributed by atoms with Crippen LogP contribution in [0.5, 0.6) is 0 Å². The zero-order valence-electron chi connectivity index (χ0n) is 10.5. The Morgan fingerprint density at radius 1 is 1.47 bits per heavy atom. The molecule has 1 atom stereocenters.